The molecule has 4 nitrogen and oxygen atoms in total. The molecule has 0 aliphatic carbocycles. The monoisotopic (exact) mass is 360 g/mol. The molecule has 0 amide bonds. The van der Waals surface area contributed by atoms with Crippen LogP contribution in [0.3, 0.4) is 0 Å². The van der Waals surface area contributed by atoms with Gasteiger partial charge in [0.2, 0.25) is 0 Å². The van der Waals surface area contributed by atoms with Crippen molar-refractivity contribution in [1.29, 1.82) is 0 Å². The third-order valence-electron chi connectivity index (χ3n) is 3.89. The summed E-state index contributed by atoms with van der Waals surface area (Å²) >= 11 is 1.64. The van der Waals surface area contributed by atoms with Crippen LogP contribution in [0.1, 0.15) is 27.0 Å². The maximum Gasteiger partial charge on any atom is 0.307 e. The van der Waals surface area contributed by atoms with Gasteiger partial charge in [-0.3, -0.25) is 13.8 Å². The molecule has 124 valence electrons. The highest BCUT2D eigenvalue weighted by molar-refractivity contribution is 7.99. The van der Waals surface area contributed by atoms with E-state index in [1.165, 1.54) is 0 Å². The number of carboxylic acids is 1. The Balaban J connectivity index is 2.01. The van der Waals surface area contributed by atoms with E-state index in [1.807, 2.05) is 6.07 Å². The van der Waals surface area contributed by atoms with Crippen LogP contribution in [0, 0.1) is 0 Å². The van der Waals surface area contributed by atoms with Gasteiger partial charge in [-0.2, -0.15) is 0 Å². The maximum absolute atomic E-state index is 12.9. The molecule has 1 aliphatic heterocycles. The first-order valence-corrected chi connectivity index (χ1v) is 9.98. The minimum atomic E-state index is -1.09. The van der Waals surface area contributed by atoms with Crippen LogP contribution in [0.5, 0.6) is 0 Å². The Labute approximate surface area is 146 Å². The molecule has 3 rings (SSSR count). The lowest BCUT2D eigenvalue weighted by Crippen LogP contribution is -2.07. The van der Waals surface area contributed by atoms with E-state index in [1.54, 1.807) is 48.3 Å². The van der Waals surface area contributed by atoms with Crippen molar-refractivity contribution < 1.29 is 18.9 Å². The highest BCUT2D eigenvalue weighted by Gasteiger charge is 2.22. The Morgan fingerprint density at radius 3 is 2.54 bits per heavy atom. The van der Waals surface area contributed by atoms with Crippen LogP contribution in [-0.4, -0.2) is 33.1 Å². The summed E-state index contributed by atoms with van der Waals surface area (Å²) in [4.78, 5) is 25.5. The van der Waals surface area contributed by atoms with E-state index in [4.69, 9.17) is 5.11 Å². The third kappa shape index (κ3) is 3.44. The average molecular weight is 360 g/mol. The number of benzene rings is 2. The summed E-state index contributed by atoms with van der Waals surface area (Å²) in [6.45, 7) is 0. The molecule has 2 aromatic rings. The largest absolute Gasteiger partial charge is 0.481 e. The van der Waals surface area contributed by atoms with Gasteiger partial charge in [0.1, 0.15) is 0 Å². The lowest BCUT2D eigenvalue weighted by molar-refractivity contribution is -0.136. The zero-order chi connectivity index (χ0) is 17.3. The zero-order valence-electron chi connectivity index (χ0n) is 13.1. The van der Waals surface area contributed by atoms with Crippen LogP contribution >= 0.6 is 11.8 Å². The molecule has 1 aliphatic rings. The first kappa shape index (κ1) is 16.9. The number of aliphatic carboxylic acids is 1. The first-order valence-electron chi connectivity index (χ1n) is 7.44. The number of hydrogen-bond donors (Lipinski definition) is 1. The second-order valence-corrected chi connectivity index (χ2v) is 8.09. The number of carbonyl (C=O) groups is 2. The normalized spacial score (nSPS) is 14.2. The molecule has 0 saturated carbocycles. The van der Waals surface area contributed by atoms with Crippen LogP contribution in [0.15, 0.2) is 46.2 Å². The molecule has 1 N–H and O–H groups in total. The molecule has 2 aromatic carbocycles. The van der Waals surface area contributed by atoms with Crippen molar-refractivity contribution in [3.63, 3.8) is 0 Å². The van der Waals surface area contributed by atoms with Gasteiger partial charge >= 0.3 is 5.97 Å². The number of carboxylic acid groups (broad SMARTS) is 1. The topological polar surface area (TPSA) is 71.4 Å². The summed E-state index contributed by atoms with van der Waals surface area (Å²) in [7, 11) is -1.09. The van der Waals surface area contributed by atoms with Gasteiger partial charge in [-0.25, -0.2) is 0 Å². The lowest BCUT2D eigenvalue weighted by atomic mass is 9.96. The molecule has 1 atom stereocenters. The molecule has 0 bridgehead atoms. The number of carbonyl (C=O) groups excluding carboxylic acids is 1. The standard InChI is InChI=1S/C18H16O4S2/c1-24(22)14-4-2-12(3-5-14)17(21)15-9-11(10-16(19)20)8-13-6-7-23-18(13)15/h2-5,8-9H,6-7,10H2,1H3,(H,19,20). The van der Waals surface area contributed by atoms with E-state index in [9.17, 15) is 13.8 Å². The van der Waals surface area contributed by atoms with E-state index in [-0.39, 0.29) is 12.2 Å². The van der Waals surface area contributed by atoms with Gasteiger partial charge < -0.3 is 5.11 Å². The molecule has 0 saturated heterocycles. The minimum absolute atomic E-state index is 0.0913. The van der Waals surface area contributed by atoms with Gasteiger partial charge in [-0.1, -0.05) is 6.07 Å². The number of aryl methyl sites for hydroxylation is 1. The van der Waals surface area contributed by atoms with Crippen molar-refractivity contribution in [1.82, 2.24) is 0 Å². The summed E-state index contributed by atoms with van der Waals surface area (Å²) in [5, 5.41) is 9.03. The van der Waals surface area contributed by atoms with Crippen LogP contribution < -0.4 is 0 Å². The second kappa shape index (κ2) is 6.91. The van der Waals surface area contributed by atoms with Gasteiger partial charge in [0.25, 0.3) is 0 Å². The van der Waals surface area contributed by atoms with Crippen molar-refractivity contribution >= 4 is 34.3 Å². The van der Waals surface area contributed by atoms with Crippen molar-refractivity contribution in [2.45, 2.75) is 22.6 Å². The SMILES string of the molecule is CS(=O)c1ccc(C(=O)c2cc(CC(=O)O)cc3c2SCC3)cc1. The molecule has 1 heterocycles. The predicted octanol–water partition coefficient (Wildman–Crippen LogP) is 2.93. The molecule has 0 spiro atoms. The molecule has 0 fully saturated rings. The highest BCUT2D eigenvalue weighted by Crippen LogP contribution is 2.36. The number of hydrogen-bond acceptors (Lipinski definition) is 4. The van der Waals surface area contributed by atoms with Crippen LogP contribution in [0.25, 0.3) is 0 Å². The fourth-order valence-electron chi connectivity index (χ4n) is 2.77. The Morgan fingerprint density at radius 1 is 1.21 bits per heavy atom. The average Bonchev–Trinajstić information content (AvgIpc) is 3.01. The summed E-state index contributed by atoms with van der Waals surface area (Å²) in [6.07, 6.45) is 2.35. The molecule has 0 aromatic heterocycles. The van der Waals surface area contributed by atoms with Gasteiger partial charge in [0.15, 0.2) is 5.78 Å². The minimum Gasteiger partial charge on any atom is -0.481 e. The number of ketones is 1. The summed E-state index contributed by atoms with van der Waals surface area (Å²) in [5.74, 6) is -0.130. The van der Waals surface area contributed by atoms with E-state index in [0.29, 0.717) is 21.6 Å². The van der Waals surface area contributed by atoms with Crippen molar-refractivity contribution in [3.05, 3.63) is 58.7 Å². The third-order valence-corrected chi connectivity index (χ3v) is 6.01. The Bertz CT molecular complexity index is 841. The molecular formula is C18H16O4S2. The maximum atomic E-state index is 12.9. The fraction of sp³-hybridized carbons (Fsp3) is 0.222. The van der Waals surface area contributed by atoms with E-state index >= 15 is 0 Å². The molecule has 0 radical (unpaired) electrons. The van der Waals surface area contributed by atoms with E-state index < -0.39 is 16.8 Å². The Hall–Kier alpha value is -1.92. The Kier molecular flexibility index (Phi) is 4.87. The number of fused-ring (bicyclic) bond motifs is 1. The predicted molar refractivity (Wildman–Crippen MR) is 94.4 cm³/mol. The van der Waals surface area contributed by atoms with Gasteiger partial charge in [-0.15, -0.1) is 11.8 Å². The van der Waals surface area contributed by atoms with Crippen LogP contribution in [0.2, 0.25) is 0 Å². The van der Waals surface area contributed by atoms with Gasteiger partial charge in [-0.05, 0) is 47.9 Å². The second-order valence-electron chi connectivity index (χ2n) is 5.61. The number of thioether (sulfide) groups is 1. The summed E-state index contributed by atoms with van der Waals surface area (Å²) < 4.78 is 11.5. The lowest BCUT2D eigenvalue weighted by Gasteiger charge is -2.10. The molecule has 24 heavy (non-hydrogen) atoms. The summed E-state index contributed by atoms with van der Waals surface area (Å²) in [5.41, 5.74) is 2.79. The van der Waals surface area contributed by atoms with Crippen molar-refractivity contribution in [2.24, 2.45) is 0 Å². The molecule has 1 unspecified atom stereocenters. The van der Waals surface area contributed by atoms with E-state index in [0.717, 1.165) is 22.6 Å². The number of rotatable bonds is 5. The smallest absolute Gasteiger partial charge is 0.307 e. The van der Waals surface area contributed by atoms with E-state index in [2.05, 4.69) is 0 Å². The van der Waals surface area contributed by atoms with Gasteiger partial charge in [0.05, 0.1) is 6.42 Å². The summed E-state index contributed by atoms with van der Waals surface area (Å²) in [6, 6.07) is 10.3. The first-order chi connectivity index (χ1) is 11.5. The van der Waals surface area contributed by atoms with Crippen molar-refractivity contribution in [2.75, 3.05) is 12.0 Å². The van der Waals surface area contributed by atoms with Crippen LogP contribution in [0.4, 0.5) is 0 Å². The van der Waals surface area contributed by atoms with Crippen molar-refractivity contribution in [3.8, 4) is 0 Å². The molecule has 6 heteroatoms. The van der Waals surface area contributed by atoms with Gasteiger partial charge in [0, 0.05) is 43.7 Å². The highest BCUT2D eigenvalue weighted by atomic mass is 32.2. The quantitative estimate of drug-likeness (QED) is 0.830. The fourth-order valence-corrected chi connectivity index (χ4v) is 4.47. The Morgan fingerprint density at radius 2 is 1.92 bits per heavy atom. The van der Waals surface area contributed by atoms with Crippen LogP contribution in [-0.2, 0) is 28.4 Å². The zero-order valence-corrected chi connectivity index (χ0v) is 14.7. The molecular weight excluding hydrogens is 344 g/mol.